The van der Waals surface area contributed by atoms with Gasteiger partial charge in [0.15, 0.2) is 0 Å². The third kappa shape index (κ3) is 15.7. The number of phenolic OH excluding ortho intramolecular Hbond substituents is 1. The number of unbranched alkanes of at least 4 members (excludes halogenated alkanes) is 1. The second-order valence-electron chi connectivity index (χ2n) is 15.2. The number of methoxy groups -OCH3 is 1. The first kappa shape index (κ1) is 47.9. The number of rotatable bonds is 19. The summed E-state index contributed by atoms with van der Waals surface area (Å²) in [7, 11) is 1.24. The van der Waals surface area contributed by atoms with Crippen molar-refractivity contribution < 1.29 is 43.3 Å². The van der Waals surface area contributed by atoms with Crippen LogP contribution in [0.3, 0.4) is 0 Å². The molecule has 2 rings (SSSR count). The van der Waals surface area contributed by atoms with Gasteiger partial charge in [-0.05, 0) is 95.4 Å². The number of carbonyl (C=O) groups is 6. The fourth-order valence-corrected chi connectivity index (χ4v) is 6.09. The number of likely N-dealkylation sites (tertiary alicyclic amines) is 1. The van der Waals surface area contributed by atoms with E-state index < -0.39 is 71.5 Å². The van der Waals surface area contributed by atoms with Crippen molar-refractivity contribution in [1.29, 1.82) is 0 Å². The number of benzene rings is 1. The van der Waals surface area contributed by atoms with Crippen LogP contribution < -0.4 is 27.0 Å². The van der Waals surface area contributed by atoms with Gasteiger partial charge in [-0.3, -0.25) is 19.2 Å². The van der Waals surface area contributed by atoms with Crippen LogP contribution in [0.25, 0.3) is 0 Å². The van der Waals surface area contributed by atoms with Gasteiger partial charge in [0.25, 0.3) is 0 Å². The van der Waals surface area contributed by atoms with E-state index in [-0.39, 0.29) is 43.0 Å². The Kier molecular flexibility index (Phi) is 20.4. The van der Waals surface area contributed by atoms with E-state index in [0.717, 1.165) is 0 Å². The molecular formula is C38H63ClN6O9. The molecule has 1 heterocycles. The summed E-state index contributed by atoms with van der Waals surface area (Å²) in [4.78, 5) is 82.2. The van der Waals surface area contributed by atoms with Crippen molar-refractivity contribution >= 4 is 48.1 Å². The molecule has 6 atom stereocenters. The highest BCUT2D eigenvalue weighted by molar-refractivity contribution is 5.96. The molecule has 0 spiro atoms. The van der Waals surface area contributed by atoms with E-state index in [9.17, 15) is 33.9 Å². The normalized spacial score (nSPS) is 16.9. The Morgan fingerprint density at radius 1 is 0.926 bits per heavy atom. The summed E-state index contributed by atoms with van der Waals surface area (Å²) in [6, 6.07) is 1.12. The molecule has 0 aromatic heterocycles. The van der Waals surface area contributed by atoms with Gasteiger partial charge in [0.1, 0.15) is 41.6 Å². The number of alkyl carbamates (subject to hydrolysis) is 1. The van der Waals surface area contributed by atoms with Crippen LogP contribution in [0.15, 0.2) is 24.3 Å². The summed E-state index contributed by atoms with van der Waals surface area (Å²) >= 11 is 0. The van der Waals surface area contributed by atoms with Gasteiger partial charge in [-0.25, -0.2) is 9.59 Å². The molecule has 16 heteroatoms. The summed E-state index contributed by atoms with van der Waals surface area (Å²) in [5, 5.41) is 20.9. The Balaban J connectivity index is 0.0000146. The zero-order chi connectivity index (χ0) is 39.9. The Bertz CT molecular complexity index is 1390. The molecule has 0 saturated carbocycles. The Morgan fingerprint density at radius 3 is 2.13 bits per heavy atom. The van der Waals surface area contributed by atoms with Gasteiger partial charge < -0.3 is 46.5 Å². The predicted octanol–water partition coefficient (Wildman–Crippen LogP) is 3.09. The third-order valence-electron chi connectivity index (χ3n) is 9.09. The van der Waals surface area contributed by atoms with Crippen molar-refractivity contribution in [3.05, 3.63) is 29.8 Å². The first-order valence-corrected chi connectivity index (χ1v) is 18.7. The van der Waals surface area contributed by atoms with Gasteiger partial charge in [-0.1, -0.05) is 46.2 Å². The highest BCUT2D eigenvalue weighted by Crippen LogP contribution is 2.22. The fourth-order valence-electron chi connectivity index (χ4n) is 6.09. The number of phenols is 1. The molecule has 15 nitrogen and oxygen atoms in total. The first-order chi connectivity index (χ1) is 24.9. The molecule has 0 aliphatic carbocycles. The molecular weight excluding hydrogens is 720 g/mol. The molecule has 5 amide bonds. The number of nitrogens with zero attached hydrogens (tertiary/aromatic N) is 1. The second kappa shape index (κ2) is 23.0. The minimum atomic E-state index is -1.18. The summed E-state index contributed by atoms with van der Waals surface area (Å²) < 4.78 is 10.3. The van der Waals surface area contributed by atoms with Crippen LogP contribution in [0.1, 0.15) is 99.0 Å². The van der Waals surface area contributed by atoms with E-state index in [1.165, 1.54) is 24.1 Å². The molecule has 0 unspecified atom stereocenters. The molecule has 1 aliphatic heterocycles. The minimum absolute atomic E-state index is 0. The lowest BCUT2D eigenvalue weighted by molar-refractivity contribution is -0.146. The minimum Gasteiger partial charge on any atom is -0.508 e. The van der Waals surface area contributed by atoms with Crippen LogP contribution in [-0.2, 0) is 39.9 Å². The zero-order valence-electron chi connectivity index (χ0n) is 33.1. The van der Waals surface area contributed by atoms with Gasteiger partial charge in [0.05, 0.1) is 7.11 Å². The lowest BCUT2D eigenvalue weighted by Gasteiger charge is -2.31. The summed E-state index contributed by atoms with van der Waals surface area (Å²) in [6.07, 6.45) is 2.44. The quantitative estimate of drug-likeness (QED) is 0.0890. The maximum Gasteiger partial charge on any atom is 0.408 e. The van der Waals surface area contributed by atoms with Crippen molar-refractivity contribution in [2.24, 2.45) is 17.6 Å². The van der Waals surface area contributed by atoms with Crippen molar-refractivity contribution in [1.82, 2.24) is 26.2 Å². The van der Waals surface area contributed by atoms with Crippen LogP contribution in [0.5, 0.6) is 5.75 Å². The third-order valence-corrected chi connectivity index (χ3v) is 9.09. The van der Waals surface area contributed by atoms with Crippen LogP contribution in [0, 0.1) is 11.8 Å². The molecule has 1 saturated heterocycles. The van der Waals surface area contributed by atoms with Gasteiger partial charge in [-0.15, -0.1) is 12.4 Å². The summed E-state index contributed by atoms with van der Waals surface area (Å²) in [5.41, 5.74) is 5.51. The average Bonchev–Trinajstić information content (AvgIpc) is 3.58. The first-order valence-electron chi connectivity index (χ1n) is 18.7. The summed E-state index contributed by atoms with van der Waals surface area (Å²) in [5.74, 6) is -3.08. The molecule has 1 aromatic carbocycles. The average molecular weight is 783 g/mol. The van der Waals surface area contributed by atoms with E-state index in [4.69, 9.17) is 15.2 Å². The maximum atomic E-state index is 14.1. The highest BCUT2D eigenvalue weighted by atomic mass is 35.5. The molecule has 0 radical (unpaired) electrons. The van der Waals surface area contributed by atoms with Crippen LogP contribution in [0.2, 0.25) is 0 Å². The second-order valence-corrected chi connectivity index (χ2v) is 15.2. The maximum absolute atomic E-state index is 14.1. The monoisotopic (exact) mass is 782 g/mol. The number of aromatic hydroxyl groups is 1. The molecule has 0 bridgehead atoms. The number of esters is 1. The highest BCUT2D eigenvalue weighted by Gasteiger charge is 2.40. The van der Waals surface area contributed by atoms with Gasteiger partial charge in [0.2, 0.25) is 23.6 Å². The van der Waals surface area contributed by atoms with E-state index >= 15 is 0 Å². The van der Waals surface area contributed by atoms with Crippen molar-refractivity contribution in [2.45, 2.75) is 136 Å². The lowest BCUT2D eigenvalue weighted by Crippen LogP contribution is -2.60. The number of hydrogen-bond donors (Lipinski definition) is 6. The number of carbonyl (C=O) groups excluding carboxylic acids is 6. The van der Waals surface area contributed by atoms with Gasteiger partial charge >= 0.3 is 12.1 Å². The molecule has 1 aliphatic rings. The molecule has 54 heavy (non-hydrogen) atoms. The number of halogens is 1. The molecule has 7 N–H and O–H groups in total. The Hall–Kier alpha value is -4.11. The molecule has 1 fully saturated rings. The Morgan fingerprint density at radius 2 is 1.57 bits per heavy atom. The van der Waals surface area contributed by atoms with Crippen LogP contribution in [0.4, 0.5) is 4.79 Å². The largest absolute Gasteiger partial charge is 0.508 e. The van der Waals surface area contributed by atoms with Gasteiger partial charge in [0, 0.05) is 13.0 Å². The van der Waals surface area contributed by atoms with E-state index in [1.807, 2.05) is 20.8 Å². The number of amides is 5. The van der Waals surface area contributed by atoms with Gasteiger partial charge in [-0.2, -0.15) is 0 Å². The zero-order valence-corrected chi connectivity index (χ0v) is 33.9. The van der Waals surface area contributed by atoms with E-state index in [2.05, 4.69) is 21.3 Å². The fraction of sp³-hybridized carbons (Fsp3) is 0.684. The predicted molar refractivity (Wildman–Crippen MR) is 207 cm³/mol. The molecule has 306 valence electrons. The number of hydrogen-bond acceptors (Lipinski definition) is 10. The van der Waals surface area contributed by atoms with Crippen molar-refractivity contribution in [2.75, 3.05) is 20.2 Å². The van der Waals surface area contributed by atoms with Crippen molar-refractivity contribution in [3.63, 3.8) is 0 Å². The SMILES string of the molecule is CC[C@H](C)[C@H](NC(=O)[C@H](Cc1ccc(O)cc1)NC(=O)[C@@H]1CCCN1C(=O)[C@H](CCCCN)NC(=O)OC(C)(C)C)C(=O)N[C@@H](CC(C)C)C(=O)OC.Cl. The number of ether oxygens (including phenoxy) is 2. The number of nitrogens with two attached hydrogens (primary N) is 1. The van der Waals surface area contributed by atoms with E-state index in [1.54, 1.807) is 39.8 Å². The standard InChI is InChI=1S/C38H62N6O9.ClH/c1-9-24(4)31(34(48)41-29(21-23(2)3)36(50)52-8)43-32(46)28(22-25-15-17-26(45)18-16-25)40-33(47)30-14-12-20-44(30)35(49)27(13-10-11-19-39)42-37(51)53-38(5,6)7;/h15-18,23-24,27-31,45H,9-14,19-22,39H2,1-8H3,(H,40,47)(H,41,48)(H,42,51)(H,43,46);1H/t24-,27-,28-,29-,30-,31-;/m0./s1. The Labute approximate surface area is 326 Å². The van der Waals surface area contributed by atoms with Crippen LogP contribution >= 0.6 is 12.4 Å². The van der Waals surface area contributed by atoms with Crippen molar-refractivity contribution in [3.8, 4) is 5.75 Å². The topological polar surface area (TPSA) is 218 Å². The lowest BCUT2D eigenvalue weighted by atomic mass is 9.96. The van der Waals surface area contributed by atoms with Crippen LogP contribution in [-0.4, -0.2) is 102 Å². The number of nitrogens with one attached hydrogen (secondary N) is 4. The van der Waals surface area contributed by atoms with E-state index in [0.29, 0.717) is 57.1 Å². The smallest absolute Gasteiger partial charge is 0.408 e. The molecule has 1 aromatic rings. The summed E-state index contributed by atoms with van der Waals surface area (Å²) in [6.45, 7) is 13.3.